The minimum absolute atomic E-state index is 0. The van der Waals surface area contributed by atoms with Gasteiger partial charge in [-0.2, -0.15) is 0 Å². The van der Waals surface area contributed by atoms with Crippen molar-refractivity contribution in [2.75, 3.05) is 0 Å². The summed E-state index contributed by atoms with van der Waals surface area (Å²) < 4.78 is 0. The van der Waals surface area contributed by atoms with Crippen LogP contribution >= 0.6 is 0 Å². The Hall–Kier alpha value is 2.70. The van der Waals surface area contributed by atoms with Crippen LogP contribution in [0.3, 0.4) is 0 Å². The van der Waals surface area contributed by atoms with Crippen LogP contribution in [0.25, 0.3) is 0 Å². The summed E-state index contributed by atoms with van der Waals surface area (Å²) in [5.41, 5.74) is 0. The second-order valence-corrected chi connectivity index (χ2v) is 5.07. The molecule has 0 amide bonds. The smallest absolute Gasteiger partial charge is 1.00 e. The predicted octanol–water partition coefficient (Wildman–Crippen LogP) is -12.1. The van der Waals surface area contributed by atoms with E-state index in [2.05, 4.69) is 27.7 Å². The quantitative estimate of drug-likeness (QED) is 0.434. The van der Waals surface area contributed by atoms with E-state index in [4.69, 9.17) is 0 Å². The molecule has 0 aromatic heterocycles. The predicted molar refractivity (Wildman–Crippen MR) is 45.0 cm³/mol. The Morgan fingerprint density at radius 1 is 0.667 bits per heavy atom. The van der Waals surface area contributed by atoms with Crippen LogP contribution in [0.5, 0.6) is 0 Å². The first-order valence-corrected chi connectivity index (χ1v) is 5.58. The van der Waals surface area contributed by atoms with Crippen molar-refractivity contribution in [1.29, 1.82) is 0 Å². The molecule has 0 bridgehead atoms. The van der Waals surface area contributed by atoms with E-state index in [1.54, 1.807) is 0 Å². The zero-order valence-electron chi connectivity index (χ0n) is 9.54. The van der Waals surface area contributed by atoms with Crippen molar-refractivity contribution in [2.24, 2.45) is 11.8 Å². The van der Waals surface area contributed by atoms with E-state index < -0.39 is 0 Å². The molecule has 15 heavy (non-hydrogen) atoms. The van der Waals surface area contributed by atoms with Crippen LogP contribution in [0.1, 0.15) is 27.7 Å². The molecule has 0 saturated heterocycles. The Morgan fingerprint density at radius 2 is 0.867 bits per heavy atom. The van der Waals surface area contributed by atoms with Crippen molar-refractivity contribution in [3.8, 4) is 0 Å². The maximum atomic E-state index is 2.31. The minimum Gasteiger partial charge on any atom is -1.00 e. The fourth-order valence-corrected chi connectivity index (χ4v) is 2.29. The third-order valence-electron chi connectivity index (χ3n) is 1.28. The number of hydrogen-bond acceptors (Lipinski definition) is 0. The number of hydrogen-bond donors (Lipinski definition) is 0. The molecule has 0 nitrogen and oxygen atoms in total. The molecule has 0 radical (unpaired) electrons. The van der Waals surface area contributed by atoms with Gasteiger partial charge < -0.3 is 62.0 Å². The van der Waals surface area contributed by atoms with Gasteiger partial charge in [0, 0.05) is 0 Å². The Bertz CT molecular complexity index is 68.1. The molecule has 0 heterocycles. The van der Waals surface area contributed by atoms with Crippen LogP contribution < -0.4 is 62.0 Å². The van der Waals surface area contributed by atoms with Crippen LogP contribution in [0, 0.1) is 11.8 Å². The average molecular weight is 366 g/mol. The molecule has 0 fully saturated rings. The Balaban J connectivity index is -0.0000000213. The van der Waals surface area contributed by atoms with E-state index in [9.17, 15) is 0 Å². The molecule has 0 aliphatic carbocycles. The minimum atomic E-state index is 0. The first kappa shape index (κ1) is 43.1. The molecule has 0 aliphatic heterocycles. The monoisotopic (exact) mass is 364 g/mol. The van der Waals surface area contributed by atoms with E-state index >= 15 is 0 Å². The molecular formula is C8H18AlCl5Ti. The van der Waals surface area contributed by atoms with E-state index in [0.717, 1.165) is 27.1 Å². The van der Waals surface area contributed by atoms with E-state index in [0.29, 0.717) is 0 Å². The zero-order valence-corrected chi connectivity index (χ0v) is 16.0. The molecule has 0 rings (SSSR count). The normalized spacial score (nSPS) is 6.27. The van der Waals surface area contributed by atoms with Crippen LogP contribution in [0.4, 0.5) is 0 Å². The van der Waals surface area contributed by atoms with Crippen molar-refractivity contribution in [3.63, 3.8) is 0 Å². The molecule has 92 valence electrons. The fourth-order valence-electron chi connectivity index (χ4n) is 0.763. The first-order valence-electron chi connectivity index (χ1n) is 3.94. The van der Waals surface area contributed by atoms with Gasteiger partial charge in [-0.3, -0.25) is 0 Å². The van der Waals surface area contributed by atoms with Crippen molar-refractivity contribution < 1.29 is 83.8 Å². The van der Waals surface area contributed by atoms with Gasteiger partial charge in [0.25, 0.3) is 0 Å². The second-order valence-electron chi connectivity index (χ2n) is 3.55. The van der Waals surface area contributed by atoms with Crippen LogP contribution in [0.15, 0.2) is 0 Å². The third kappa shape index (κ3) is 47.7. The van der Waals surface area contributed by atoms with Gasteiger partial charge in [-0.05, 0) is 0 Å². The first-order chi connectivity index (χ1) is 4.13. The van der Waals surface area contributed by atoms with E-state index in [-0.39, 0.29) is 83.8 Å². The molecule has 0 aliphatic rings. The number of rotatable bonds is 4. The van der Waals surface area contributed by atoms with Crippen molar-refractivity contribution >= 4 is 15.2 Å². The van der Waals surface area contributed by atoms with Gasteiger partial charge in [-0.15, -0.1) is 0 Å². The van der Waals surface area contributed by atoms with Crippen LogP contribution in [0.2, 0.25) is 10.6 Å². The van der Waals surface area contributed by atoms with Crippen LogP contribution in [-0.4, -0.2) is 15.2 Å². The average Bonchev–Trinajstić information content (AvgIpc) is 1.63. The standard InChI is InChI=1S/2C4H9.Al.5ClH.Ti/c2*1-4(2)3;;;;;;;/h2*4H,1H2,2-3H3;;5*1H;/q;;+1;;;;;;+4/p-5. The maximum absolute atomic E-state index is 2.31. The van der Waals surface area contributed by atoms with Gasteiger partial charge in [0.2, 0.25) is 0 Å². The maximum Gasteiger partial charge on any atom is 4.00 e. The summed E-state index contributed by atoms with van der Waals surface area (Å²) in [6, 6.07) is 0. The molecule has 0 saturated carbocycles. The van der Waals surface area contributed by atoms with Crippen molar-refractivity contribution in [1.82, 2.24) is 0 Å². The van der Waals surface area contributed by atoms with E-state index in [1.807, 2.05) is 0 Å². The Morgan fingerprint density at radius 3 is 1.00 bits per heavy atom. The van der Waals surface area contributed by atoms with Gasteiger partial charge >= 0.3 is 87.0 Å². The third-order valence-corrected chi connectivity index (χ3v) is 3.83. The summed E-state index contributed by atoms with van der Waals surface area (Å²) in [4.78, 5) is 0. The summed E-state index contributed by atoms with van der Waals surface area (Å²) in [6.07, 6.45) is 0. The molecule has 0 unspecified atom stereocenters. The summed E-state index contributed by atoms with van der Waals surface area (Å²) in [5.74, 6) is 1.86. The summed E-state index contributed by atoms with van der Waals surface area (Å²) in [5, 5.41) is 2.97. The van der Waals surface area contributed by atoms with Gasteiger partial charge in [0.1, 0.15) is 0 Å². The molecule has 0 aromatic carbocycles. The van der Waals surface area contributed by atoms with Gasteiger partial charge in [0.15, 0.2) is 0 Å². The molecule has 7 heteroatoms. The van der Waals surface area contributed by atoms with Crippen LogP contribution in [-0.2, 0) is 21.7 Å². The van der Waals surface area contributed by atoms with Gasteiger partial charge in [-0.25, -0.2) is 0 Å². The topological polar surface area (TPSA) is 0 Å². The fraction of sp³-hybridized carbons (Fsp3) is 1.00. The Labute approximate surface area is 148 Å². The number of halogens is 5. The second kappa shape index (κ2) is 30.1. The zero-order chi connectivity index (χ0) is 7.28. The molecule has 0 spiro atoms. The summed E-state index contributed by atoms with van der Waals surface area (Å²) >= 11 is 0.755. The van der Waals surface area contributed by atoms with Gasteiger partial charge in [0.05, 0.1) is 0 Å². The van der Waals surface area contributed by atoms with Crippen molar-refractivity contribution in [2.45, 2.75) is 38.3 Å². The molecular weight excluding hydrogens is 348 g/mol. The van der Waals surface area contributed by atoms with E-state index in [1.165, 1.54) is 10.6 Å². The summed E-state index contributed by atoms with van der Waals surface area (Å²) in [7, 11) is 0. The largest absolute Gasteiger partial charge is 4.00 e. The SMILES string of the molecule is CC(C)[CH2][Al+][CH2]C(C)C.[Cl-].[Cl-].[Cl-].[Cl-].[Cl-].[Ti+4]. The molecule has 0 atom stereocenters. The van der Waals surface area contributed by atoms with Gasteiger partial charge in [-0.1, -0.05) is 0 Å². The Kier molecular flexibility index (Phi) is 86.4. The van der Waals surface area contributed by atoms with Crippen molar-refractivity contribution in [3.05, 3.63) is 0 Å². The summed E-state index contributed by atoms with van der Waals surface area (Å²) in [6.45, 7) is 9.25. The molecule has 0 N–H and O–H groups in total. The molecule has 0 aromatic rings.